The molecule has 1 aromatic heterocycles. The zero-order valence-electron chi connectivity index (χ0n) is 11.6. The fourth-order valence-electron chi connectivity index (χ4n) is 1.98. The maximum atomic E-state index is 13.7. The summed E-state index contributed by atoms with van der Waals surface area (Å²) in [5.74, 6) is -0.481. The third-order valence-corrected chi connectivity index (χ3v) is 4.91. The highest BCUT2D eigenvalue weighted by atomic mass is 32.2. The summed E-state index contributed by atoms with van der Waals surface area (Å²) in [6, 6.07) is 7.47. The Morgan fingerprint density at radius 2 is 2.18 bits per heavy atom. The lowest BCUT2D eigenvalue weighted by atomic mass is 10.1. The maximum absolute atomic E-state index is 13.7. The molecule has 1 aromatic carbocycles. The largest absolute Gasteiger partial charge is 0.261 e. The van der Waals surface area contributed by atoms with Gasteiger partial charge in [0.1, 0.15) is 11.6 Å². The second-order valence-corrected chi connectivity index (χ2v) is 6.60. The molecular weight excluding hydrogens is 324 g/mol. The van der Waals surface area contributed by atoms with Crippen LogP contribution in [0.3, 0.4) is 0 Å². The molecule has 7 heteroatoms. The molecule has 0 radical (unpaired) electrons. The van der Waals surface area contributed by atoms with Crippen molar-refractivity contribution in [3.8, 4) is 0 Å². The van der Waals surface area contributed by atoms with Crippen LogP contribution in [0.25, 0.3) is 0 Å². The first-order valence-electron chi connectivity index (χ1n) is 6.70. The number of aliphatic imine (C=N–C) groups is 1. The Morgan fingerprint density at radius 1 is 1.27 bits per heavy atom. The van der Waals surface area contributed by atoms with Crippen molar-refractivity contribution in [3.63, 3.8) is 0 Å². The van der Waals surface area contributed by atoms with Crippen LogP contribution in [-0.4, -0.2) is 23.2 Å². The van der Waals surface area contributed by atoms with Gasteiger partial charge >= 0.3 is 0 Å². The van der Waals surface area contributed by atoms with Gasteiger partial charge in [-0.05, 0) is 29.6 Å². The third-order valence-electron chi connectivity index (χ3n) is 3.07. The van der Waals surface area contributed by atoms with Crippen molar-refractivity contribution in [2.24, 2.45) is 10.1 Å². The van der Waals surface area contributed by atoms with E-state index in [2.05, 4.69) is 21.6 Å². The van der Waals surface area contributed by atoms with Crippen LogP contribution >= 0.6 is 23.1 Å². The average molecular weight is 337 g/mol. The highest BCUT2D eigenvalue weighted by molar-refractivity contribution is 8.14. The summed E-state index contributed by atoms with van der Waals surface area (Å²) in [5, 5.41) is 6.86. The van der Waals surface area contributed by atoms with Gasteiger partial charge in [0.2, 0.25) is 0 Å². The number of halogens is 2. The number of thioether (sulfide) groups is 1. The van der Waals surface area contributed by atoms with E-state index in [1.165, 1.54) is 16.6 Å². The quantitative estimate of drug-likeness (QED) is 0.924. The number of nitrogens with zero attached hydrogens (tertiary/aromatic N) is 2. The maximum Gasteiger partial charge on any atom is 0.177 e. The van der Waals surface area contributed by atoms with Crippen LogP contribution in [0.1, 0.15) is 10.4 Å². The fourth-order valence-corrected chi connectivity index (χ4v) is 3.46. The summed E-state index contributed by atoms with van der Waals surface area (Å²) in [4.78, 5) is 5.71. The lowest BCUT2D eigenvalue weighted by Gasteiger charge is -2.15. The lowest BCUT2D eigenvalue weighted by molar-refractivity contribution is 0.598. The van der Waals surface area contributed by atoms with E-state index in [-0.39, 0.29) is 5.56 Å². The zero-order valence-corrected chi connectivity index (χ0v) is 13.2. The standard InChI is InChI=1S/C15H13F2N3S2/c16-10-3-4-13(17)12(8-10)14-9-22-15(20-19-14)18-6-5-11-2-1-7-21-11/h1-4,7-8H,5-6,9H2,(H,18,20). The van der Waals surface area contributed by atoms with E-state index in [1.807, 2.05) is 11.4 Å². The second kappa shape index (κ2) is 7.02. The number of rotatable bonds is 4. The van der Waals surface area contributed by atoms with E-state index in [4.69, 9.17) is 0 Å². The van der Waals surface area contributed by atoms with Crippen molar-refractivity contribution in [3.05, 3.63) is 57.8 Å². The molecule has 2 heterocycles. The van der Waals surface area contributed by atoms with Gasteiger partial charge in [-0.25, -0.2) is 8.78 Å². The van der Waals surface area contributed by atoms with Crippen LogP contribution in [0.15, 0.2) is 45.8 Å². The number of hydrazone groups is 1. The van der Waals surface area contributed by atoms with Gasteiger partial charge in [0, 0.05) is 29.2 Å². The first kappa shape index (κ1) is 15.2. The molecule has 0 fully saturated rings. The summed E-state index contributed by atoms with van der Waals surface area (Å²) in [5.41, 5.74) is 3.49. The molecule has 0 aliphatic carbocycles. The summed E-state index contributed by atoms with van der Waals surface area (Å²) < 4.78 is 26.9. The minimum atomic E-state index is -0.473. The van der Waals surface area contributed by atoms with Gasteiger partial charge in [0.05, 0.1) is 5.71 Å². The van der Waals surface area contributed by atoms with Gasteiger partial charge in [-0.3, -0.25) is 10.4 Å². The van der Waals surface area contributed by atoms with Crippen LogP contribution in [0.4, 0.5) is 8.78 Å². The van der Waals surface area contributed by atoms with Gasteiger partial charge < -0.3 is 0 Å². The van der Waals surface area contributed by atoms with Gasteiger partial charge in [-0.1, -0.05) is 17.8 Å². The van der Waals surface area contributed by atoms with Crippen molar-refractivity contribution >= 4 is 34.0 Å². The van der Waals surface area contributed by atoms with Crippen molar-refractivity contribution in [2.45, 2.75) is 6.42 Å². The van der Waals surface area contributed by atoms with Gasteiger partial charge in [-0.15, -0.1) is 11.3 Å². The molecule has 2 aromatic rings. The summed E-state index contributed by atoms with van der Waals surface area (Å²) >= 11 is 3.15. The summed E-state index contributed by atoms with van der Waals surface area (Å²) in [7, 11) is 0. The molecule has 0 atom stereocenters. The first-order valence-corrected chi connectivity index (χ1v) is 8.56. The Labute approximate surface area is 135 Å². The highest BCUT2D eigenvalue weighted by Gasteiger charge is 2.16. The monoisotopic (exact) mass is 337 g/mol. The lowest BCUT2D eigenvalue weighted by Crippen LogP contribution is -2.26. The van der Waals surface area contributed by atoms with Crippen LogP contribution in [-0.2, 0) is 6.42 Å². The second-order valence-electron chi connectivity index (χ2n) is 4.60. The van der Waals surface area contributed by atoms with Crippen molar-refractivity contribution in [1.29, 1.82) is 0 Å². The summed E-state index contributed by atoms with van der Waals surface area (Å²) in [6.07, 6.45) is 0.887. The number of amidine groups is 1. The zero-order chi connectivity index (χ0) is 15.4. The molecule has 22 heavy (non-hydrogen) atoms. The predicted octanol–water partition coefficient (Wildman–Crippen LogP) is 3.67. The first-order chi connectivity index (χ1) is 10.7. The number of thiophene rings is 1. The van der Waals surface area contributed by atoms with Crippen LogP contribution < -0.4 is 5.43 Å². The highest BCUT2D eigenvalue weighted by Crippen LogP contribution is 2.17. The number of nitrogens with one attached hydrogen (secondary N) is 1. The Morgan fingerprint density at radius 3 is 2.91 bits per heavy atom. The van der Waals surface area contributed by atoms with Gasteiger partial charge in [-0.2, -0.15) is 5.10 Å². The number of benzene rings is 1. The molecule has 0 unspecified atom stereocenters. The van der Waals surface area contributed by atoms with E-state index in [0.717, 1.165) is 24.6 Å². The van der Waals surface area contributed by atoms with Crippen molar-refractivity contribution in [1.82, 2.24) is 5.43 Å². The topological polar surface area (TPSA) is 36.8 Å². The minimum absolute atomic E-state index is 0.192. The summed E-state index contributed by atoms with van der Waals surface area (Å²) in [6.45, 7) is 0.676. The number of hydrogen-bond acceptors (Lipinski definition) is 4. The van der Waals surface area contributed by atoms with E-state index in [9.17, 15) is 8.78 Å². The normalized spacial score (nSPS) is 16.5. The molecule has 0 amide bonds. The molecule has 0 spiro atoms. The van der Waals surface area contributed by atoms with Gasteiger partial charge in [0.25, 0.3) is 0 Å². The van der Waals surface area contributed by atoms with Gasteiger partial charge in [0.15, 0.2) is 5.17 Å². The Kier molecular flexibility index (Phi) is 4.84. The minimum Gasteiger partial charge on any atom is -0.261 e. The Balaban J connectivity index is 1.63. The van der Waals surface area contributed by atoms with Crippen LogP contribution in [0, 0.1) is 11.6 Å². The fraction of sp³-hybridized carbons (Fsp3) is 0.200. The van der Waals surface area contributed by atoms with Crippen molar-refractivity contribution in [2.75, 3.05) is 12.3 Å². The molecule has 114 valence electrons. The predicted molar refractivity (Wildman–Crippen MR) is 88.8 cm³/mol. The van der Waals surface area contributed by atoms with Crippen LogP contribution in [0.2, 0.25) is 0 Å². The molecule has 1 aliphatic rings. The Hall–Kier alpha value is -1.73. The molecule has 3 rings (SSSR count). The third kappa shape index (κ3) is 3.72. The van der Waals surface area contributed by atoms with E-state index in [0.29, 0.717) is 23.2 Å². The van der Waals surface area contributed by atoms with Crippen molar-refractivity contribution < 1.29 is 8.78 Å². The molecule has 3 nitrogen and oxygen atoms in total. The van der Waals surface area contributed by atoms with Crippen LogP contribution in [0.5, 0.6) is 0 Å². The molecule has 0 bridgehead atoms. The smallest absolute Gasteiger partial charge is 0.177 e. The Bertz CT molecular complexity index is 712. The average Bonchev–Trinajstić information content (AvgIpc) is 3.04. The molecule has 0 saturated heterocycles. The van der Waals surface area contributed by atoms with E-state index >= 15 is 0 Å². The SMILES string of the molecule is Fc1ccc(F)c(C2=NNC(=NCCc3cccs3)SC2)c1. The van der Waals surface area contributed by atoms with E-state index in [1.54, 1.807) is 11.3 Å². The molecule has 1 aliphatic heterocycles. The number of hydrogen-bond donors (Lipinski definition) is 1. The molecule has 1 N–H and O–H groups in total. The molecular formula is C15H13F2N3S2. The van der Waals surface area contributed by atoms with E-state index < -0.39 is 11.6 Å². The molecule has 0 saturated carbocycles.